The number of anilines is 1. The summed E-state index contributed by atoms with van der Waals surface area (Å²) in [6, 6.07) is 10.4. The lowest BCUT2D eigenvalue weighted by atomic mass is 10.0. The maximum atomic E-state index is 5.73. The minimum Gasteiger partial charge on any atom is -0.376 e. The summed E-state index contributed by atoms with van der Waals surface area (Å²) in [5.41, 5.74) is 3.38. The minimum absolute atomic E-state index is 0.265. The molecule has 1 aliphatic rings. The number of aryl methyl sites for hydroxylation is 1. The Morgan fingerprint density at radius 3 is 2.96 bits per heavy atom. The largest absolute Gasteiger partial charge is 0.376 e. The molecular formula is C18H21N5O. The van der Waals surface area contributed by atoms with Crippen LogP contribution in [-0.2, 0) is 11.2 Å². The van der Waals surface area contributed by atoms with E-state index in [0.29, 0.717) is 5.78 Å². The second-order valence-electron chi connectivity index (χ2n) is 6.17. The lowest BCUT2D eigenvalue weighted by Crippen LogP contribution is -2.21. The summed E-state index contributed by atoms with van der Waals surface area (Å²) >= 11 is 0. The summed E-state index contributed by atoms with van der Waals surface area (Å²) < 4.78 is 7.53. The first-order valence-corrected chi connectivity index (χ1v) is 8.40. The van der Waals surface area contributed by atoms with Gasteiger partial charge in [0.2, 0.25) is 0 Å². The van der Waals surface area contributed by atoms with Gasteiger partial charge >= 0.3 is 0 Å². The van der Waals surface area contributed by atoms with E-state index in [-0.39, 0.29) is 6.10 Å². The number of hydrogen-bond donors (Lipinski definition) is 1. The Kier molecular flexibility index (Phi) is 4.13. The minimum atomic E-state index is 0.265. The smallest absolute Gasteiger partial charge is 0.254 e. The van der Waals surface area contributed by atoms with Crippen LogP contribution in [0, 0.1) is 6.92 Å². The average molecular weight is 323 g/mol. The topological polar surface area (TPSA) is 64.3 Å². The number of nitrogens with zero attached hydrogens (tertiary/aromatic N) is 4. The number of ether oxygens (including phenoxy) is 1. The first-order chi connectivity index (χ1) is 11.8. The van der Waals surface area contributed by atoms with Crippen molar-refractivity contribution in [3.05, 3.63) is 53.5 Å². The Balaban J connectivity index is 1.69. The highest BCUT2D eigenvalue weighted by Crippen LogP contribution is 2.23. The fourth-order valence-corrected chi connectivity index (χ4v) is 3.20. The van der Waals surface area contributed by atoms with Crippen LogP contribution in [0.2, 0.25) is 0 Å². The number of rotatable bonds is 5. The molecule has 0 amide bonds. The maximum Gasteiger partial charge on any atom is 0.254 e. The van der Waals surface area contributed by atoms with Crippen molar-refractivity contribution >= 4 is 11.6 Å². The van der Waals surface area contributed by atoms with E-state index in [1.165, 1.54) is 5.56 Å². The normalized spacial score (nSPS) is 17.5. The van der Waals surface area contributed by atoms with Crippen molar-refractivity contribution in [2.45, 2.75) is 32.3 Å². The van der Waals surface area contributed by atoms with Gasteiger partial charge in [-0.05, 0) is 25.3 Å². The van der Waals surface area contributed by atoms with Crippen molar-refractivity contribution in [1.82, 2.24) is 19.6 Å². The standard InChI is InChI=1S/C18H21N5O/c1-13-16(10-14-6-3-2-4-7-14)17(19-11-15-8-5-9-24-15)23-18(22-13)20-12-21-23/h2-4,6-7,12,15,19H,5,8-11H2,1H3. The molecule has 1 aliphatic heterocycles. The van der Waals surface area contributed by atoms with Crippen molar-refractivity contribution < 1.29 is 4.74 Å². The molecule has 6 heteroatoms. The van der Waals surface area contributed by atoms with Crippen LogP contribution in [0.3, 0.4) is 0 Å². The summed E-state index contributed by atoms with van der Waals surface area (Å²) in [6.45, 7) is 3.67. The Bertz CT molecular complexity index is 824. The van der Waals surface area contributed by atoms with Crippen molar-refractivity contribution in [3.63, 3.8) is 0 Å². The third-order valence-electron chi connectivity index (χ3n) is 4.48. The summed E-state index contributed by atoms with van der Waals surface area (Å²) in [5.74, 6) is 1.59. The summed E-state index contributed by atoms with van der Waals surface area (Å²) in [6.07, 6.45) is 4.86. The van der Waals surface area contributed by atoms with E-state index in [4.69, 9.17) is 4.74 Å². The molecule has 0 aliphatic carbocycles. The van der Waals surface area contributed by atoms with Crippen molar-refractivity contribution in [3.8, 4) is 0 Å². The molecule has 6 nitrogen and oxygen atoms in total. The van der Waals surface area contributed by atoms with Gasteiger partial charge in [0.1, 0.15) is 12.1 Å². The average Bonchev–Trinajstić information content (AvgIpc) is 3.27. The molecule has 0 bridgehead atoms. The van der Waals surface area contributed by atoms with Gasteiger partial charge in [0, 0.05) is 30.8 Å². The second-order valence-corrected chi connectivity index (χ2v) is 6.17. The summed E-state index contributed by atoms with van der Waals surface area (Å²) in [7, 11) is 0. The third kappa shape index (κ3) is 2.97. The molecule has 0 spiro atoms. The molecule has 4 rings (SSSR count). The summed E-state index contributed by atoms with van der Waals surface area (Å²) in [4.78, 5) is 8.83. The molecule has 0 saturated carbocycles. The molecule has 0 radical (unpaired) electrons. The van der Waals surface area contributed by atoms with Crippen LogP contribution < -0.4 is 5.32 Å². The molecule has 3 heterocycles. The SMILES string of the molecule is Cc1nc2ncnn2c(NCC2CCCO2)c1Cc1ccccc1. The van der Waals surface area contributed by atoms with E-state index in [1.807, 2.05) is 13.0 Å². The zero-order valence-electron chi connectivity index (χ0n) is 13.8. The van der Waals surface area contributed by atoms with Crippen LogP contribution in [0.15, 0.2) is 36.7 Å². The Hall–Kier alpha value is -2.47. The predicted molar refractivity (Wildman–Crippen MR) is 92.2 cm³/mol. The lowest BCUT2D eigenvalue weighted by Gasteiger charge is -2.17. The fourth-order valence-electron chi connectivity index (χ4n) is 3.20. The molecule has 1 unspecified atom stereocenters. The van der Waals surface area contributed by atoms with Crippen molar-refractivity contribution in [1.29, 1.82) is 0 Å². The van der Waals surface area contributed by atoms with Crippen LogP contribution in [0.4, 0.5) is 5.82 Å². The fraction of sp³-hybridized carbons (Fsp3) is 0.389. The number of hydrogen-bond acceptors (Lipinski definition) is 5. The Labute approximate surface area is 140 Å². The van der Waals surface area contributed by atoms with E-state index in [2.05, 4.69) is 44.6 Å². The summed E-state index contributed by atoms with van der Waals surface area (Å²) in [5, 5.41) is 7.89. The van der Waals surface area contributed by atoms with Crippen LogP contribution >= 0.6 is 0 Å². The third-order valence-corrected chi connectivity index (χ3v) is 4.48. The zero-order chi connectivity index (χ0) is 16.4. The van der Waals surface area contributed by atoms with Gasteiger partial charge in [0.15, 0.2) is 0 Å². The van der Waals surface area contributed by atoms with E-state index in [0.717, 1.165) is 49.5 Å². The van der Waals surface area contributed by atoms with E-state index in [1.54, 1.807) is 10.8 Å². The second kappa shape index (κ2) is 6.57. The van der Waals surface area contributed by atoms with Crippen LogP contribution in [0.1, 0.15) is 29.7 Å². The molecule has 24 heavy (non-hydrogen) atoms. The number of benzene rings is 1. The zero-order valence-corrected chi connectivity index (χ0v) is 13.8. The Morgan fingerprint density at radius 1 is 1.29 bits per heavy atom. The van der Waals surface area contributed by atoms with E-state index in [9.17, 15) is 0 Å². The molecule has 124 valence electrons. The first-order valence-electron chi connectivity index (χ1n) is 8.40. The maximum absolute atomic E-state index is 5.73. The number of aromatic nitrogens is 4. The Morgan fingerprint density at radius 2 is 2.17 bits per heavy atom. The van der Waals surface area contributed by atoms with Crippen LogP contribution in [0.5, 0.6) is 0 Å². The van der Waals surface area contributed by atoms with Gasteiger partial charge in [-0.1, -0.05) is 30.3 Å². The molecule has 1 N–H and O–H groups in total. The predicted octanol–water partition coefficient (Wildman–Crippen LogP) is 2.61. The highest BCUT2D eigenvalue weighted by Gasteiger charge is 2.19. The van der Waals surface area contributed by atoms with E-state index >= 15 is 0 Å². The quantitative estimate of drug-likeness (QED) is 0.782. The molecule has 1 saturated heterocycles. The molecule has 1 fully saturated rings. The molecular weight excluding hydrogens is 302 g/mol. The highest BCUT2D eigenvalue weighted by atomic mass is 16.5. The molecule has 1 aromatic carbocycles. The number of nitrogens with one attached hydrogen (secondary N) is 1. The van der Waals surface area contributed by atoms with Crippen LogP contribution in [-0.4, -0.2) is 38.8 Å². The van der Waals surface area contributed by atoms with Gasteiger partial charge in [-0.15, -0.1) is 0 Å². The van der Waals surface area contributed by atoms with Gasteiger partial charge in [0.25, 0.3) is 5.78 Å². The molecule has 2 aromatic heterocycles. The van der Waals surface area contributed by atoms with Gasteiger partial charge in [-0.25, -0.2) is 4.98 Å². The number of fused-ring (bicyclic) bond motifs is 1. The van der Waals surface area contributed by atoms with E-state index < -0.39 is 0 Å². The molecule has 1 atom stereocenters. The van der Waals surface area contributed by atoms with Gasteiger partial charge in [-0.2, -0.15) is 14.6 Å². The van der Waals surface area contributed by atoms with Crippen LogP contribution in [0.25, 0.3) is 5.78 Å². The van der Waals surface area contributed by atoms with Gasteiger partial charge < -0.3 is 10.1 Å². The molecule has 3 aromatic rings. The monoisotopic (exact) mass is 323 g/mol. The highest BCUT2D eigenvalue weighted by molar-refractivity contribution is 5.54. The lowest BCUT2D eigenvalue weighted by molar-refractivity contribution is 0.120. The van der Waals surface area contributed by atoms with Gasteiger partial charge in [-0.3, -0.25) is 0 Å². The van der Waals surface area contributed by atoms with Crippen molar-refractivity contribution in [2.75, 3.05) is 18.5 Å². The van der Waals surface area contributed by atoms with Gasteiger partial charge in [0.05, 0.1) is 6.10 Å². The van der Waals surface area contributed by atoms with Crippen molar-refractivity contribution in [2.24, 2.45) is 0 Å². The first kappa shape index (κ1) is 15.1.